The molecule has 0 aliphatic heterocycles. The molecule has 0 heterocycles. The summed E-state index contributed by atoms with van der Waals surface area (Å²) in [4.78, 5) is 0.246. The number of benzene rings is 1. The van der Waals surface area contributed by atoms with E-state index in [-0.39, 0.29) is 10.8 Å². The summed E-state index contributed by atoms with van der Waals surface area (Å²) < 4.78 is 52.6. The van der Waals surface area contributed by atoms with Crippen LogP contribution in [-0.2, 0) is 21.2 Å². The van der Waals surface area contributed by atoms with Crippen molar-refractivity contribution in [3.8, 4) is 0 Å². The Labute approximate surface area is 115 Å². The molecule has 0 amide bonds. The topological polar surface area (TPSA) is 94.5 Å². The lowest BCUT2D eigenvalue weighted by molar-refractivity contribution is 0.401. The van der Waals surface area contributed by atoms with Gasteiger partial charge in [0.05, 0.1) is 5.25 Å². The Balaban J connectivity index is 2.03. The molecule has 2 rings (SSSR count). The van der Waals surface area contributed by atoms with Gasteiger partial charge in [0.25, 0.3) is 10.1 Å². The van der Waals surface area contributed by atoms with Gasteiger partial charge in [0.2, 0.25) is 0 Å². The van der Waals surface area contributed by atoms with E-state index < -0.39 is 26.4 Å². The van der Waals surface area contributed by atoms with Crippen LogP contribution in [0.3, 0.4) is 0 Å². The van der Waals surface area contributed by atoms with Crippen LogP contribution in [0.15, 0.2) is 29.2 Å². The van der Waals surface area contributed by atoms with Crippen molar-refractivity contribution in [3.63, 3.8) is 0 Å². The van der Waals surface area contributed by atoms with Gasteiger partial charge in [-0.3, -0.25) is 8.76 Å². The Morgan fingerprint density at radius 1 is 1.11 bits per heavy atom. The van der Waals surface area contributed by atoms with Crippen LogP contribution in [0.1, 0.15) is 37.2 Å². The standard InChI is InChI=1S/C12H16O5S2/c13-18(14)11-5-1-9(2-6-11)10-3-7-12(8-4-10)19(15,16)17/h1-2,5-6,10,12H,3-4,7-8H2,(H,13,14)(H,15,16,17)/p-1. The molecule has 0 radical (unpaired) electrons. The van der Waals surface area contributed by atoms with Gasteiger partial charge in [-0.2, -0.15) is 8.42 Å². The fourth-order valence-electron chi connectivity index (χ4n) is 2.55. The van der Waals surface area contributed by atoms with Crippen molar-refractivity contribution in [2.24, 2.45) is 0 Å². The highest BCUT2D eigenvalue weighted by atomic mass is 32.2. The molecule has 0 bridgehead atoms. The van der Waals surface area contributed by atoms with Gasteiger partial charge in [0.15, 0.2) is 0 Å². The molecule has 1 saturated carbocycles. The second-order valence-corrected chi connectivity index (χ2v) is 7.43. The molecular formula is C12H15O5S2-. The second kappa shape index (κ2) is 5.70. The highest BCUT2D eigenvalue weighted by Gasteiger charge is 2.29. The van der Waals surface area contributed by atoms with E-state index in [1.807, 2.05) is 0 Å². The summed E-state index contributed by atoms with van der Waals surface area (Å²) in [5.41, 5.74) is 1.02. The van der Waals surface area contributed by atoms with Crippen LogP contribution < -0.4 is 0 Å². The summed E-state index contributed by atoms with van der Waals surface area (Å²) >= 11 is -2.22. The molecule has 1 atom stereocenters. The first-order valence-electron chi connectivity index (χ1n) is 6.03. The quantitative estimate of drug-likeness (QED) is 0.679. The van der Waals surface area contributed by atoms with Crippen molar-refractivity contribution in [1.82, 2.24) is 0 Å². The minimum atomic E-state index is -3.93. The lowest BCUT2D eigenvalue weighted by Crippen LogP contribution is -2.25. The summed E-state index contributed by atoms with van der Waals surface area (Å²) in [7, 11) is -3.93. The molecule has 0 spiro atoms. The molecule has 1 aromatic carbocycles. The third kappa shape index (κ3) is 3.62. The van der Waals surface area contributed by atoms with Crippen molar-refractivity contribution in [3.05, 3.63) is 29.8 Å². The Kier molecular flexibility index (Phi) is 4.39. The Morgan fingerprint density at radius 3 is 2.05 bits per heavy atom. The molecule has 1 N–H and O–H groups in total. The van der Waals surface area contributed by atoms with E-state index in [0.29, 0.717) is 25.7 Å². The molecule has 19 heavy (non-hydrogen) atoms. The van der Waals surface area contributed by atoms with E-state index in [2.05, 4.69) is 0 Å². The van der Waals surface area contributed by atoms with Crippen LogP contribution in [0.2, 0.25) is 0 Å². The van der Waals surface area contributed by atoms with Gasteiger partial charge in [-0.15, -0.1) is 0 Å². The Bertz CT molecular complexity index is 556. The summed E-state index contributed by atoms with van der Waals surface area (Å²) in [5, 5.41) is -0.655. The molecule has 0 saturated heterocycles. The average molecular weight is 303 g/mol. The normalized spacial score (nSPS) is 26.0. The highest BCUT2D eigenvalue weighted by molar-refractivity contribution is 7.86. The molecule has 1 aliphatic rings. The zero-order valence-electron chi connectivity index (χ0n) is 10.2. The van der Waals surface area contributed by atoms with Crippen LogP contribution >= 0.6 is 0 Å². The zero-order chi connectivity index (χ0) is 14.0. The first-order valence-corrected chi connectivity index (χ1v) is 8.61. The molecular weight excluding hydrogens is 288 g/mol. The van der Waals surface area contributed by atoms with Crippen molar-refractivity contribution in [2.75, 3.05) is 0 Å². The van der Waals surface area contributed by atoms with Gasteiger partial charge < -0.3 is 4.55 Å². The van der Waals surface area contributed by atoms with Crippen molar-refractivity contribution < 1.29 is 21.7 Å². The summed E-state index contributed by atoms with van der Waals surface area (Å²) in [6.45, 7) is 0. The maximum absolute atomic E-state index is 11.0. The SMILES string of the molecule is O=S([O-])c1ccc(C2CCC(S(=O)(=O)O)CC2)cc1. The van der Waals surface area contributed by atoms with E-state index in [4.69, 9.17) is 4.55 Å². The molecule has 1 aromatic rings. The summed E-state index contributed by atoms with van der Waals surface area (Å²) in [6.07, 6.45) is 2.26. The number of hydrogen-bond donors (Lipinski definition) is 1. The van der Waals surface area contributed by atoms with Gasteiger partial charge in [-0.1, -0.05) is 12.1 Å². The van der Waals surface area contributed by atoms with E-state index >= 15 is 0 Å². The van der Waals surface area contributed by atoms with Gasteiger partial charge in [-0.05, 0) is 60.4 Å². The minimum Gasteiger partial charge on any atom is -0.768 e. The largest absolute Gasteiger partial charge is 0.768 e. The van der Waals surface area contributed by atoms with Gasteiger partial charge in [0, 0.05) is 4.90 Å². The first-order chi connectivity index (χ1) is 8.88. The monoisotopic (exact) mass is 303 g/mol. The fourth-order valence-corrected chi connectivity index (χ4v) is 3.77. The second-order valence-electron chi connectivity index (χ2n) is 4.79. The molecule has 7 heteroatoms. The molecule has 1 aliphatic carbocycles. The minimum absolute atomic E-state index is 0.229. The maximum atomic E-state index is 11.0. The molecule has 5 nitrogen and oxygen atoms in total. The predicted octanol–water partition coefficient (Wildman–Crippen LogP) is 1.84. The Morgan fingerprint density at radius 2 is 1.63 bits per heavy atom. The lowest BCUT2D eigenvalue weighted by atomic mass is 9.84. The van der Waals surface area contributed by atoms with Crippen molar-refractivity contribution in [2.45, 2.75) is 41.7 Å². The highest BCUT2D eigenvalue weighted by Crippen LogP contribution is 2.35. The molecule has 106 valence electrons. The van der Waals surface area contributed by atoms with E-state index in [1.54, 1.807) is 24.3 Å². The fraction of sp³-hybridized carbons (Fsp3) is 0.500. The lowest BCUT2D eigenvalue weighted by Gasteiger charge is -2.27. The summed E-state index contributed by atoms with van der Waals surface area (Å²) in [6, 6.07) is 6.63. The van der Waals surface area contributed by atoms with Crippen LogP contribution in [0.25, 0.3) is 0 Å². The van der Waals surface area contributed by atoms with Gasteiger partial charge in [-0.25, -0.2) is 0 Å². The van der Waals surface area contributed by atoms with Crippen LogP contribution in [0.5, 0.6) is 0 Å². The third-order valence-electron chi connectivity index (χ3n) is 3.64. The van der Waals surface area contributed by atoms with Gasteiger partial charge >= 0.3 is 0 Å². The van der Waals surface area contributed by atoms with Crippen LogP contribution in [-0.4, -0.2) is 27.0 Å². The first kappa shape index (κ1) is 14.6. The number of hydrogen-bond acceptors (Lipinski definition) is 4. The van der Waals surface area contributed by atoms with E-state index in [1.165, 1.54) is 0 Å². The molecule has 1 unspecified atom stereocenters. The average Bonchev–Trinajstić information content (AvgIpc) is 2.38. The van der Waals surface area contributed by atoms with Crippen LogP contribution in [0, 0.1) is 0 Å². The van der Waals surface area contributed by atoms with E-state index in [9.17, 15) is 17.2 Å². The van der Waals surface area contributed by atoms with Crippen molar-refractivity contribution in [1.29, 1.82) is 0 Å². The smallest absolute Gasteiger partial charge is 0.267 e. The molecule has 1 fully saturated rings. The Hall–Kier alpha value is -0.760. The maximum Gasteiger partial charge on any atom is 0.267 e. The zero-order valence-corrected chi connectivity index (χ0v) is 11.8. The summed E-state index contributed by atoms with van der Waals surface area (Å²) in [5.74, 6) is 0.229. The predicted molar refractivity (Wildman–Crippen MR) is 70.2 cm³/mol. The number of rotatable bonds is 3. The third-order valence-corrected chi connectivity index (χ3v) is 5.61. The van der Waals surface area contributed by atoms with Gasteiger partial charge in [0.1, 0.15) is 0 Å². The van der Waals surface area contributed by atoms with E-state index in [0.717, 1.165) is 5.56 Å². The van der Waals surface area contributed by atoms with Crippen molar-refractivity contribution >= 4 is 21.2 Å². The van der Waals surface area contributed by atoms with Crippen LogP contribution in [0.4, 0.5) is 0 Å². The molecule has 0 aromatic heterocycles.